The van der Waals surface area contributed by atoms with E-state index in [9.17, 15) is 5.11 Å². The van der Waals surface area contributed by atoms with Crippen LogP contribution < -0.4 is 0 Å². The van der Waals surface area contributed by atoms with Crippen molar-refractivity contribution in [2.24, 2.45) is 5.92 Å². The van der Waals surface area contributed by atoms with E-state index in [0.29, 0.717) is 18.3 Å². The maximum absolute atomic E-state index is 9.54. The molecule has 0 amide bonds. The Bertz CT molecular complexity index is 364. The molecular formula is C13H22N2O2. The van der Waals surface area contributed by atoms with E-state index >= 15 is 0 Å². The molecule has 0 aromatic carbocycles. The van der Waals surface area contributed by atoms with Gasteiger partial charge in [-0.15, -0.1) is 0 Å². The fourth-order valence-electron chi connectivity index (χ4n) is 1.79. The molecule has 0 saturated heterocycles. The molecule has 1 aromatic heterocycles. The molecule has 1 N–H and O–H groups in total. The Morgan fingerprint density at radius 1 is 1.35 bits per heavy atom. The number of aryl methyl sites for hydroxylation is 1. The summed E-state index contributed by atoms with van der Waals surface area (Å²) >= 11 is 0. The summed E-state index contributed by atoms with van der Waals surface area (Å²) in [5, 5.41) is 9.54. The molecule has 4 nitrogen and oxygen atoms in total. The third-order valence-electron chi connectivity index (χ3n) is 2.69. The molecule has 4 heteroatoms. The van der Waals surface area contributed by atoms with Crippen LogP contribution in [0.25, 0.3) is 0 Å². The summed E-state index contributed by atoms with van der Waals surface area (Å²) in [7, 11) is 0. The Balaban J connectivity index is 3.02. The lowest BCUT2D eigenvalue weighted by Gasteiger charge is -2.20. The number of nitrogens with zero attached hydrogens (tertiary/aromatic N) is 2. The maximum atomic E-state index is 9.54. The normalized spacial score (nSPS) is 15.0. The van der Waals surface area contributed by atoms with E-state index in [-0.39, 0.29) is 6.10 Å². The van der Waals surface area contributed by atoms with Crippen molar-refractivity contribution in [2.75, 3.05) is 6.61 Å². The number of rotatable bonds is 5. The van der Waals surface area contributed by atoms with E-state index in [2.05, 4.69) is 23.8 Å². The van der Waals surface area contributed by atoms with Crippen LogP contribution in [0.5, 0.6) is 0 Å². The monoisotopic (exact) mass is 238 g/mol. The van der Waals surface area contributed by atoms with Crippen LogP contribution in [0, 0.1) is 12.8 Å². The van der Waals surface area contributed by atoms with E-state index in [1.54, 1.807) is 13.1 Å². The summed E-state index contributed by atoms with van der Waals surface area (Å²) in [5.41, 5.74) is 1.59. The van der Waals surface area contributed by atoms with Crippen molar-refractivity contribution in [1.82, 2.24) is 9.97 Å². The first-order valence-electron chi connectivity index (χ1n) is 6.10. The van der Waals surface area contributed by atoms with Crippen LogP contribution in [0.15, 0.2) is 6.20 Å². The van der Waals surface area contributed by atoms with E-state index in [1.807, 2.05) is 13.8 Å². The van der Waals surface area contributed by atoms with Gasteiger partial charge in [-0.25, -0.2) is 9.97 Å². The summed E-state index contributed by atoms with van der Waals surface area (Å²) in [6, 6.07) is 0. The highest BCUT2D eigenvalue weighted by atomic mass is 16.5. The van der Waals surface area contributed by atoms with Gasteiger partial charge in [0.05, 0.1) is 6.10 Å². The lowest BCUT2D eigenvalue weighted by atomic mass is 10.1. The molecule has 1 aromatic rings. The molecule has 96 valence electrons. The van der Waals surface area contributed by atoms with Crippen LogP contribution in [0.1, 0.15) is 57.0 Å². The van der Waals surface area contributed by atoms with Crippen molar-refractivity contribution in [3.8, 4) is 0 Å². The molecule has 1 rings (SSSR count). The average Bonchev–Trinajstić information content (AvgIpc) is 2.24. The minimum atomic E-state index is -0.534. The molecular weight excluding hydrogens is 216 g/mol. The minimum absolute atomic E-state index is 0.0817. The zero-order valence-electron chi connectivity index (χ0n) is 11.3. The first-order valence-corrected chi connectivity index (χ1v) is 6.10. The second-order valence-electron chi connectivity index (χ2n) is 4.56. The van der Waals surface area contributed by atoms with Gasteiger partial charge in [0, 0.05) is 24.1 Å². The van der Waals surface area contributed by atoms with Gasteiger partial charge in [-0.1, -0.05) is 13.8 Å². The lowest BCUT2D eigenvalue weighted by Crippen LogP contribution is -2.16. The van der Waals surface area contributed by atoms with Crippen LogP contribution in [0.2, 0.25) is 0 Å². The largest absolute Gasteiger partial charge is 0.389 e. The van der Waals surface area contributed by atoms with E-state index < -0.39 is 6.10 Å². The average molecular weight is 238 g/mol. The fraction of sp³-hybridized carbons (Fsp3) is 0.692. The SMILES string of the molecule is CCOC(c1ncc([C@H](C)O)c(C)n1)C(C)C. The molecule has 1 heterocycles. The van der Waals surface area contributed by atoms with Gasteiger partial charge in [-0.3, -0.25) is 0 Å². The number of aliphatic hydroxyl groups excluding tert-OH is 1. The summed E-state index contributed by atoms with van der Waals surface area (Å²) in [6.45, 7) is 10.4. The molecule has 0 fully saturated rings. The molecule has 2 atom stereocenters. The van der Waals surface area contributed by atoms with Gasteiger partial charge < -0.3 is 9.84 Å². The Kier molecular flexibility index (Phi) is 5.02. The molecule has 0 aliphatic carbocycles. The number of aliphatic hydroxyl groups is 1. The fourth-order valence-corrected chi connectivity index (χ4v) is 1.79. The Labute approximate surface area is 103 Å². The van der Waals surface area contributed by atoms with Crippen LogP contribution in [-0.4, -0.2) is 21.7 Å². The molecule has 0 aliphatic rings. The van der Waals surface area contributed by atoms with Gasteiger partial charge in [0.25, 0.3) is 0 Å². The van der Waals surface area contributed by atoms with Crippen molar-refractivity contribution in [3.05, 3.63) is 23.3 Å². The highest BCUT2D eigenvalue weighted by molar-refractivity contribution is 5.19. The van der Waals surface area contributed by atoms with Crippen molar-refractivity contribution in [2.45, 2.75) is 46.8 Å². The molecule has 0 saturated carbocycles. The predicted molar refractivity (Wildman–Crippen MR) is 66.6 cm³/mol. The van der Waals surface area contributed by atoms with E-state index in [1.165, 1.54) is 0 Å². The maximum Gasteiger partial charge on any atom is 0.157 e. The quantitative estimate of drug-likeness (QED) is 0.856. The van der Waals surface area contributed by atoms with Crippen LogP contribution in [0.3, 0.4) is 0 Å². The smallest absolute Gasteiger partial charge is 0.157 e. The van der Waals surface area contributed by atoms with Crippen molar-refractivity contribution in [3.63, 3.8) is 0 Å². The third kappa shape index (κ3) is 3.48. The van der Waals surface area contributed by atoms with Crippen molar-refractivity contribution >= 4 is 0 Å². The van der Waals surface area contributed by atoms with Gasteiger partial charge in [0.2, 0.25) is 0 Å². The Morgan fingerprint density at radius 3 is 2.41 bits per heavy atom. The summed E-state index contributed by atoms with van der Waals surface area (Å²) < 4.78 is 5.66. The second kappa shape index (κ2) is 6.07. The summed E-state index contributed by atoms with van der Waals surface area (Å²) in [5.74, 6) is 1.02. The van der Waals surface area contributed by atoms with Gasteiger partial charge in [0.1, 0.15) is 6.10 Å². The van der Waals surface area contributed by atoms with Crippen LogP contribution in [0.4, 0.5) is 0 Å². The first-order chi connectivity index (χ1) is 7.97. The van der Waals surface area contributed by atoms with Crippen molar-refractivity contribution < 1.29 is 9.84 Å². The lowest BCUT2D eigenvalue weighted by molar-refractivity contribution is 0.0229. The summed E-state index contributed by atoms with van der Waals surface area (Å²) in [6.07, 6.45) is 1.08. The highest BCUT2D eigenvalue weighted by Gasteiger charge is 2.20. The van der Waals surface area contributed by atoms with Gasteiger partial charge >= 0.3 is 0 Å². The number of aromatic nitrogens is 2. The Hall–Kier alpha value is -1.00. The minimum Gasteiger partial charge on any atom is -0.389 e. The highest BCUT2D eigenvalue weighted by Crippen LogP contribution is 2.24. The van der Waals surface area contributed by atoms with E-state index in [4.69, 9.17) is 4.74 Å². The zero-order chi connectivity index (χ0) is 13.0. The first kappa shape index (κ1) is 14.1. The number of hydrogen-bond acceptors (Lipinski definition) is 4. The van der Waals surface area contributed by atoms with Gasteiger partial charge in [-0.05, 0) is 26.7 Å². The third-order valence-corrected chi connectivity index (χ3v) is 2.69. The zero-order valence-corrected chi connectivity index (χ0v) is 11.3. The molecule has 0 radical (unpaired) electrons. The van der Waals surface area contributed by atoms with E-state index in [0.717, 1.165) is 11.3 Å². The molecule has 17 heavy (non-hydrogen) atoms. The molecule has 1 unspecified atom stereocenters. The molecule has 0 spiro atoms. The predicted octanol–water partition coefficient (Wildman–Crippen LogP) is 2.57. The summed E-state index contributed by atoms with van der Waals surface area (Å²) in [4.78, 5) is 8.74. The number of hydrogen-bond donors (Lipinski definition) is 1. The topological polar surface area (TPSA) is 55.2 Å². The van der Waals surface area contributed by atoms with Gasteiger partial charge in [0.15, 0.2) is 5.82 Å². The van der Waals surface area contributed by atoms with Crippen LogP contribution >= 0.6 is 0 Å². The standard InChI is InChI=1S/C13H22N2O2/c1-6-17-12(8(2)3)13-14-7-11(10(5)16)9(4)15-13/h7-8,10,12,16H,6H2,1-5H3/t10-,12?/m0/s1. The van der Waals surface area contributed by atoms with Crippen molar-refractivity contribution in [1.29, 1.82) is 0 Å². The molecule has 0 aliphatic heterocycles. The number of ether oxygens (including phenoxy) is 1. The second-order valence-corrected chi connectivity index (χ2v) is 4.56. The Morgan fingerprint density at radius 2 is 2.00 bits per heavy atom. The molecule has 0 bridgehead atoms. The van der Waals surface area contributed by atoms with Crippen LogP contribution in [-0.2, 0) is 4.74 Å². The van der Waals surface area contributed by atoms with Gasteiger partial charge in [-0.2, -0.15) is 0 Å².